The standard InChI is InChI=1S/C25H20BrF2N7O3S/c1-12-16(10-30-34(12)2)15-9-18(22(27)28)31-25-19(15)20(21(39-25)23(29)36)32-24(37)17-7-8-35(33-17)11-38-14-5-3-13(26)4-6-14/h3-10,22H,11H2,1-2H3,(H2,29,36)(H,32,37). The maximum absolute atomic E-state index is 13.7. The molecule has 14 heteroatoms. The number of rotatable bonds is 8. The summed E-state index contributed by atoms with van der Waals surface area (Å²) in [6, 6.07) is 9.95. The fourth-order valence-corrected chi connectivity index (χ4v) is 5.18. The Kier molecular flexibility index (Phi) is 7.14. The molecular formula is C25H20BrF2N7O3S. The number of nitrogens with one attached hydrogen (secondary N) is 1. The number of amides is 2. The van der Waals surface area contributed by atoms with Crippen LogP contribution < -0.4 is 15.8 Å². The van der Waals surface area contributed by atoms with Crippen LogP contribution in [0.3, 0.4) is 0 Å². The van der Waals surface area contributed by atoms with Crippen molar-refractivity contribution in [1.29, 1.82) is 0 Å². The summed E-state index contributed by atoms with van der Waals surface area (Å²) in [5, 5.41) is 11.5. The van der Waals surface area contributed by atoms with Crippen LogP contribution in [0.25, 0.3) is 21.3 Å². The summed E-state index contributed by atoms with van der Waals surface area (Å²) >= 11 is 4.18. The highest BCUT2D eigenvalue weighted by Gasteiger charge is 2.26. The zero-order valence-electron chi connectivity index (χ0n) is 20.5. The van der Waals surface area contributed by atoms with Crippen LogP contribution in [0.2, 0.25) is 0 Å². The molecule has 0 spiro atoms. The van der Waals surface area contributed by atoms with Gasteiger partial charge < -0.3 is 15.8 Å². The number of primary amides is 1. The number of alkyl halides is 2. The SMILES string of the molecule is Cc1c(-c2cc(C(F)F)nc3sc(C(N)=O)c(NC(=O)c4ccn(COc5ccc(Br)cc5)n4)c23)cnn1C. The van der Waals surface area contributed by atoms with Gasteiger partial charge in [0.15, 0.2) is 12.4 Å². The number of fused-ring (bicyclic) bond motifs is 1. The number of benzene rings is 1. The van der Waals surface area contributed by atoms with Gasteiger partial charge in [0.1, 0.15) is 21.2 Å². The number of ether oxygens (including phenoxy) is 1. The van der Waals surface area contributed by atoms with E-state index in [1.807, 2.05) is 12.1 Å². The van der Waals surface area contributed by atoms with Crippen LogP contribution in [0.5, 0.6) is 5.75 Å². The number of halogens is 3. The van der Waals surface area contributed by atoms with Crippen LogP contribution in [0, 0.1) is 6.92 Å². The maximum atomic E-state index is 13.7. The molecule has 39 heavy (non-hydrogen) atoms. The molecule has 0 fully saturated rings. The van der Waals surface area contributed by atoms with E-state index in [-0.39, 0.29) is 27.8 Å². The molecule has 0 saturated carbocycles. The first-order valence-corrected chi connectivity index (χ1v) is 13.0. The predicted octanol–water partition coefficient (Wildman–Crippen LogP) is 5.29. The molecule has 0 atom stereocenters. The summed E-state index contributed by atoms with van der Waals surface area (Å²) in [5.74, 6) is -0.856. The lowest BCUT2D eigenvalue weighted by Gasteiger charge is -2.10. The molecule has 0 unspecified atom stereocenters. The zero-order valence-corrected chi connectivity index (χ0v) is 22.9. The van der Waals surface area contributed by atoms with Gasteiger partial charge in [0.05, 0.1) is 11.9 Å². The van der Waals surface area contributed by atoms with Crippen LogP contribution in [-0.4, -0.2) is 36.4 Å². The van der Waals surface area contributed by atoms with E-state index in [2.05, 4.69) is 36.4 Å². The van der Waals surface area contributed by atoms with Crippen LogP contribution in [0.15, 0.2) is 53.3 Å². The second kappa shape index (κ2) is 10.5. The van der Waals surface area contributed by atoms with Crippen molar-refractivity contribution >= 4 is 55.0 Å². The Morgan fingerprint density at radius 3 is 2.59 bits per heavy atom. The van der Waals surface area contributed by atoms with Gasteiger partial charge in [-0.3, -0.25) is 14.3 Å². The van der Waals surface area contributed by atoms with E-state index in [1.54, 1.807) is 37.0 Å². The van der Waals surface area contributed by atoms with Crippen molar-refractivity contribution in [1.82, 2.24) is 24.5 Å². The lowest BCUT2D eigenvalue weighted by Crippen LogP contribution is -2.18. The van der Waals surface area contributed by atoms with Crippen molar-refractivity contribution in [3.05, 3.63) is 75.2 Å². The summed E-state index contributed by atoms with van der Waals surface area (Å²) < 4.78 is 37.0. The second-order valence-corrected chi connectivity index (χ2v) is 10.3. The minimum Gasteiger partial charge on any atom is -0.471 e. The minimum atomic E-state index is -2.86. The highest BCUT2D eigenvalue weighted by molar-refractivity contribution is 9.10. The Bertz CT molecular complexity index is 1710. The predicted molar refractivity (Wildman–Crippen MR) is 145 cm³/mol. The molecule has 200 valence electrons. The number of carbonyl (C=O) groups is 2. The van der Waals surface area contributed by atoms with Crippen LogP contribution in [-0.2, 0) is 13.8 Å². The van der Waals surface area contributed by atoms with Gasteiger partial charge in [-0.05, 0) is 48.9 Å². The molecule has 2 amide bonds. The molecule has 3 N–H and O–H groups in total. The van der Waals surface area contributed by atoms with Crippen molar-refractivity contribution < 1.29 is 23.1 Å². The normalized spacial score (nSPS) is 11.3. The van der Waals surface area contributed by atoms with Crippen LogP contribution >= 0.6 is 27.3 Å². The van der Waals surface area contributed by atoms with Crippen molar-refractivity contribution in [2.75, 3.05) is 5.32 Å². The lowest BCUT2D eigenvalue weighted by molar-refractivity contribution is 0.100. The largest absolute Gasteiger partial charge is 0.471 e. The number of hydrogen-bond acceptors (Lipinski definition) is 7. The second-order valence-electron chi connectivity index (χ2n) is 8.44. The Morgan fingerprint density at radius 2 is 1.95 bits per heavy atom. The van der Waals surface area contributed by atoms with Gasteiger partial charge in [-0.15, -0.1) is 11.3 Å². The van der Waals surface area contributed by atoms with Gasteiger partial charge in [0, 0.05) is 34.4 Å². The first kappa shape index (κ1) is 26.4. The summed E-state index contributed by atoms with van der Waals surface area (Å²) in [6.45, 7) is 1.83. The van der Waals surface area contributed by atoms with Gasteiger partial charge in [-0.2, -0.15) is 10.2 Å². The molecule has 0 aliphatic heterocycles. The number of nitrogens with two attached hydrogens (primary N) is 1. The van der Waals surface area contributed by atoms with Crippen molar-refractivity contribution in [2.45, 2.75) is 20.1 Å². The summed E-state index contributed by atoms with van der Waals surface area (Å²) in [7, 11) is 1.72. The molecule has 0 aliphatic carbocycles. The number of thiophene rings is 1. The molecule has 10 nitrogen and oxygen atoms in total. The average Bonchev–Trinajstić information content (AvgIpc) is 3.61. The Morgan fingerprint density at radius 1 is 1.21 bits per heavy atom. The topological polar surface area (TPSA) is 130 Å². The van der Waals surface area contributed by atoms with Gasteiger partial charge in [0.2, 0.25) is 0 Å². The monoisotopic (exact) mass is 615 g/mol. The van der Waals surface area contributed by atoms with Crippen molar-refractivity contribution in [2.24, 2.45) is 12.8 Å². The highest BCUT2D eigenvalue weighted by atomic mass is 79.9. The molecule has 4 aromatic heterocycles. The number of hydrogen-bond donors (Lipinski definition) is 2. The number of carbonyl (C=O) groups excluding carboxylic acids is 2. The molecule has 0 aliphatic rings. The first-order valence-electron chi connectivity index (χ1n) is 11.4. The van der Waals surface area contributed by atoms with E-state index in [0.29, 0.717) is 28.0 Å². The highest BCUT2D eigenvalue weighted by Crippen LogP contribution is 2.43. The van der Waals surface area contributed by atoms with Crippen LogP contribution in [0.4, 0.5) is 14.5 Å². The molecule has 4 heterocycles. The lowest BCUT2D eigenvalue weighted by atomic mass is 10.0. The van der Waals surface area contributed by atoms with E-state index in [0.717, 1.165) is 15.8 Å². The number of aryl methyl sites for hydroxylation is 1. The van der Waals surface area contributed by atoms with E-state index in [9.17, 15) is 18.4 Å². The van der Waals surface area contributed by atoms with E-state index < -0.39 is 23.9 Å². The third kappa shape index (κ3) is 5.25. The van der Waals surface area contributed by atoms with Gasteiger partial charge in [-0.25, -0.2) is 18.4 Å². The average molecular weight is 616 g/mol. The maximum Gasteiger partial charge on any atom is 0.280 e. The quantitative estimate of drug-likeness (QED) is 0.244. The van der Waals surface area contributed by atoms with Crippen LogP contribution in [0.1, 0.15) is 38.0 Å². The van der Waals surface area contributed by atoms with Crippen molar-refractivity contribution in [3.63, 3.8) is 0 Å². The van der Waals surface area contributed by atoms with Gasteiger partial charge in [-0.1, -0.05) is 15.9 Å². The minimum absolute atomic E-state index is 0.0296. The number of pyridine rings is 1. The molecule has 0 bridgehead atoms. The molecule has 5 rings (SSSR count). The zero-order chi connectivity index (χ0) is 27.8. The molecular weight excluding hydrogens is 596 g/mol. The number of anilines is 1. The summed E-state index contributed by atoms with van der Waals surface area (Å²) in [5.41, 5.74) is 6.83. The third-order valence-corrected chi connectivity index (χ3v) is 7.57. The molecule has 0 radical (unpaired) electrons. The van der Waals surface area contributed by atoms with E-state index in [4.69, 9.17) is 10.5 Å². The Labute approximate surface area is 232 Å². The fourth-order valence-electron chi connectivity index (χ4n) is 3.90. The summed E-state index contributed by atoms with van der Waals surface area (Å²) in [6.07, 6.45) is 0.237. The Balaban J connectivity index is 1.51. The van der Waals surface area contributed by atoms with Gasteiger partial charge >= 0.3 is 0 Å². The number of nitrogens with zero attached hydrogens (tertiary/aromatic N) is 5. The Hall–Kier alpha value is -4.17. The summed E-state index contributed by atoms with van der Waals surface area (Å²) in [4.78, 5) is 29.7. The van der Waals surface area contributed by atoms with E-state index in [1.165, 1.54) is 23.0 Å². The third-order valence-electron chi connectivity index (χ3n) is 5.94. The van der Waals surface area contributed by atoms with Crippen molar-refractivity contribution in [3.8, 4) is 16.9 Å². The van der Waals surface area contributed by atoms with E-state index >= 15 is 0 Å². The first-order chi connectivity index (χ1) is 18.6. The fraction of sp³-hybridized carbons (Fsp3) is 0.160. The molecule has 5 aromatic rings. The molecule has 0 saturated heterocycles. The molecule has 1 aromatic carbocycles. The number of aromatic nitrogens is 5. The smallest absolute Gasteiger partial charge is 0.280 e. The van der Waals surface area contributed by atoms with Gasteiger partial charge in [0.25, 0.3) is 18.2 Å².